The number of pyridine rings is 1. The van der Waals surface area contributed by atoms with E-state index in [-0.39, 0.29) is 5.69 Å². The van der Waals surface area contributed by atoms with Gasteiger partial charge in [-0.1, -0.05) is 0 Å². The molecule has 0 amide bonds. The van der Waals surface area contributed by atoms with E-state index in [4.69, 9.17) is 5.11 Å². The highest BCUT2D eigenvalue weighted by Crippen LogP contribution is 2.34. The first-order valence-electron chi connectivity index (χ1n) is 4.29. The second-order valence-electron chi connectivity index (χ2n) is 3.00. The smallest absolute Gasteiger partial charge is 0.491 e. The van der Waals surface area contributed by atoms with Crippen molar-refractivity contribution < 1.29 is 32.5 Å². The molecule has 1 heterocycles. The minimum atomic E-state index is -4.93. The van der Waals surface area contributed by atoms with Crippen LogP contribution >= 0.6 is 0 Å². The summed E-state index contributed by atoms with van der Waals surface area (Å²) in [5.74, 6) is -2.80. The Morgan fingerprint density at radius 1 is 1.47 bits per heavy atom. The summed E-state index contributed by atoms with van der Waals surface area (Å²) < 4.78 is 44.5. The molecule has 0 bridgehead atoms. The summed E-state index contributed by atoms with van der Waals surface area (Å²) in [6.07, 6.45) is -4.93. The second-order valence-corrected chi connectivity index (χ2v) is 3.00. The van der Waals surface area contributed by atoms with E-state index in [9.17, 15) is 18.0 Å². The maximum Gasteiger partial charge on any atom is 0.573 e. The van der Waals surface area contributed by atoms with Gasteiger partial charge in [0.2, 0.25) is 0 Å². The number of hydrogen-bond donors (Lipinski definition) is 1. The number of carbonyl (C=O) groups is 1. The van der Waals surface area contributed by atoms with Crippen molar-refractivity contribution in [2.75, 3.05) is 7.11 Å². The molecule has 0 radical (unpaired) electrons. The number of halogens is 3. The molecule has 0 fully saturated rings. The van der Waals surface area contributed by atoms with Gasteiger partial charge < -0.3 is 14.6 Å². The molecule has 0 unspecified atom stereocenters. The third-order valence-corrected chi connectivity index (χ3v) is 1.70. The van der Waals surface area contributed by atoms with Crippen LogP contribution in [-0.4, -0.2) is 29.5 Å². The van der Waals surface area contributed by atoms with Gasteiger partial charge in [-0.05, 0) is 6.92 Å². The highest BCUT2D eigenvalue weighted by molar-refractivity contribution is 5.89. The van der Waals surface area contributed by atoms with Gasteiger partial charge in [0.1, 0.15) is 0 Å². The number of alkyl halides is 3. The van der Waals surface area contributed by atoms with E-state index in [2.05, 4.69) is 14.5 Å². The number of aromatic nitrogens is 1. The molecule has 0 saturated heterocycles. The SMILES string of the molecule is COc1c(OC(F)(F)F)cc(C)nc1C(=O)O. The molecule has 0 aliphatic heterocycles. The number of aryl methyl sites for hydroxylation is 1. The van der Waals surface area contributed by atoms with E-state index in [1.54, 1.807) is 0 Å². The normalized spacial score (nSPS) is 11.1. The van der Waals surface area contributed by atoms with Crippen LogP contribution in [0.4, 0.5) is 13.2 Å². The average Bonchev–Trinajstić information content (AvgIpc) is 2.14. The van der Waals surface area contributed by atoms with E-state index >= 15 is 0 Å². The van der Waals surface area contributed by atoms with E-state index in [1.807, 2.05) is 0 Å². The summed E-state index contributed by atoms with van der Waals surface area (Å²) in [4.78, 5) is 14.3. The highest BCUT2D eigenvalue weighted by Gasteiger charge is 2.34. The van der Waals surface area contributed by atoms with E-state index in [0.29, 0.717) is 0 Å². The van der Waals surface area contributed by atoms with Crippen LogP contribution in [0.25, 0.3) is 0 Å². The zero-order chi connectivity index (χ0) is 13.2. The minimum absolute atomic E-state index is 0.0717. The number of methoxy groups -OCH3 is 1. The summed E-state index contributed by atoms with van der Waals surface area (Å²) in [7, 11) is 1.03. The molecule has 0 saturated carbocycles. The van der Waals surface area contributed by atoms with Crippen LogP contribution in [0.15, 0.2) is 6.07 Å². The van der Waals surface area contributed by atoms with Crippen LogP contribution < -0.4 is 9.47 Å². The first kappa shape index (κ1) is 13.1. The molecule has 1 rings (SSSR count). The average molecular weight is 251 g/mol. The summed E-state index contributed by atoms with van der Waals surface area (Å²) in [5.41, 5.74) is -0.561. The highest BCUT2D eigenvalue weighted by atomic mass is 19.4. The Labute approximate surface area is 93.8 Å². The molecule has 0 aliphatic carbocycles. The molecule has 94 valence electrons. The van der Waals surface area contributed by atoms with E-state index in [0.717, 1.165) is 13.2 Å². The standard InChI is InChI=1S/C9H8F3NO4/c1-4-3-5(17-9(10,11)12)7(16-2)6(13-4)8(14)15/h3H,1-2H3,(H,14,15). The Balaban J connectivity index is 3.33. The maximum absolute atomic E-state index is 12.1. The van der Waals surface area contributed by atoms with Crippen molar-refractivity contribution in [3.8, 4) is 11.5 Å². The van der Waals surface area contributed by atoms with Gasteiger partial charge in [-0.15, -0.1) is 13.2 Å². The fourth-order valence-electron chi connectivity index (χ4n) is 1.17. The van der Waals surface area contributed by atoms with Gasteiger partial charge in [-0.2, -0.15) is 0 Å². The number of ether oxygens (including phenoxy) is 2. The zero-order valence-corrected chi connectivity index (χ0v) is 8.83. The van der Waals surface area contributed by atoms with Crippen molar-refractivity contribution >= 4 is 5.97 Å². The number of nitrogens with zero attached hydrogens (tertiary/aromatic N) is 1. The molecule has 0 aromatic carbocycles. The summed E-state index contributed by atoms with van der Waals surface area (Å²) in [6, 6.07) is 0.943. The van der Waals surface area contributed by atoms with E-state index < -0.39 is 29.5 Å². The van der Waals surface area contributed by atoms with E-state index in [1.165, 1.54) is 6.92 Å². The Bertz CT molecular complexity index is 445. The van der Waals surface area contributed by atoms with Crippen molar-refractivity contribution in [2.45, 2.75) is 13.3 Å². The molecule has 1 aromatic heterocycles. The van der Waals surface area contributed by atoms with Crippen molar-refractivity contribution in [1.29, 1.82) is 0 Å². The molecule has 0 spiro atoms. The summed E-state index contributed by atoms with van der Waals surface area (Å²) >= 11 is 0. The molecular formula is C9H8F3NO4. The predicted octanol–water partition coefficient (Wildman–Crippen LogP) is 2.00. The topological polar surface area (TPSA) is 68.7 Å². The van der Waals surface area contributed by atoms with Crippen LogP contribution in [0.3, 0.4) is 0 Å². The Kier molecular flexibility index (Phi) is 3.45. The van der Waals surface area contributed by atoms with Gasteiger partial charge in [0.05, 0.1) is 7.11 Å². The third-order valence-electron chi connectivity index (χ3n) is 1.70. The lowest BCUT2D eigenvalue weighted by Crippen LogP contribution is -2.19. The van der Waals surface area contributed by atoms with Crippen molar-refractivity contribution in [3.63, 3.8) is 0 Å². The minimum Gasteiger partial charge on any atom is -0.491 e. The van der Waals surface area contributed by atoms with Crippen LogP contribution in [0.2, 0.25) is 0 Å². The van der Waals surface area contributed by atoms with Gasteiger partial charge in [-0.25, -0.2) is 9.78 Å². The molecule has 5 nitrogen and oxygen atoms in total. The monoisotopic (exact) mass is 251 g/mol. The second kappa shape index (κ2) is 4.48. The number of aromatic carboxylic acids is 1. The zero-order valence-electron chi connectivity index (χ0n) is 8.83. The van der Waals surface area contributed by atoms with Gasteiger partial charge in [-0.3, -0.25) is 0 Å². The maximum atomic E-state index is 12.1. The number of hydrogen-bond acceptors (Lipinski definition) is 4. The summed E-state index contributed by atoms with van der Waals surface area (Å²) in [6.45, 7) is 1.34. The molecule has 8 heteroatoms. The third kappa shape index (κ3) is 3.23. The Morgan fingerprint density at radius 2 is 2.06 bits per heavy atom. The molecule has 1 N–H and O–H groups in total. The molecule has 17 heavy (non-hydrogen) atoms. The number of carboxylic acid groups (broad SMARTS) is 1. The van der Waals surface area contributed by atoms with Gasteiger partial charge >= 0.3 is 12.3 Å². The number of rotatable bonds is 3. The predicted molar refractivity (Wildman–Crippen MR) is 49.2 cm³/mol. The van der Waals surface area contributed by atoms with Crippen LogP contribution in [-0.2, 0) is 0 Å². The molecule has 0 aliphatic rings. The van der Waals surface area contributed by atoms with Crippen molar-refractivity contribution in [3.05, 3.63) is 17.5 Å². The quantitative estimate of drug-likeness (QED) is 0.889. The lowest BCUT2D eigenvalue weighted by atomic mass is 10.2. The fraction of sp³-hybridized carbons (Fsp3) is 0.333. The molecular weight excluding hydrogens is 243 g/mol. The fourth-order valence-corrected chi connectivity index (χ4v) is 1.17. The Hall–Kier alpha value is -1.99. The van der Waals surface area contributed by atoms with Crippen LogP contribution in [0, 0.1) is 6.92 Å². The van der Waals surface area contributed by atoms with Gasteiger partial charge in [0.15, 0.2) is 17.2 Å². The Morgan fingerprint density at radius 3 is 2.47 bits per heavy atom. The molecule has 1 aromatic rings. The first-order valence-corrected chi connectivity index (χ1v) is 4.29. The van der Waals surface area contributed by atoms with Crippen LogP contribution in [0.5, 0.6) is 11.5 Å². The van der Waals surface area contributed by atoms with Crippen molar-refractivity contribution in [1.82, 2.24) is 4.98 Å². The van der Waals surface area contributed by atoms with Gasteiger partial charge in [0, 0.05) is 11.8 Å². The van der Waals surface area contributed by atoms with Crippen LogP contribution in [0.1, 0.15) is 16.2 Å². The largest absolute Gasteiger partial charge is 0.573 e. The summed E-state index contributed by atoms with van der Waals surface area (Å²) in [5, 5.41) is 8.76. The lowest BCUT2D eigenvalue weighted by molar-refractivity contribution is -0.275. The van der Waals surface area contributed by atoms with Gasteiger partial charge in [0.25, 0.3) is 0 Å². The number of carboxylic acids is 1. The molecule has 0 atom stereocenters. The lowest BCUT2D eigenvalue weighted by Gasteiger charge is -2.14. The first-order chi connectivity index (χ1) is 7.74. The van der Waals surface area contributed by atoms with Crippen molar-refractivity contribution in [2.24, 2.45) is 0 Å².